The minimum Gasteiger partial charge on any atom is -0.496 e. The Bertz CT molecular complexity index is 643. The Labute approximate surface area is 137 Å². The molecule has 0 radical (unpaired) electrons. The lowest BCUT2D eigenvalue weighted by Gasteiger charge is -2.07. The number of hydrogen-bond acceptors (Lipinski definition) is 3. The van der Waals surface area contributed by atoms with E-state index < -0.39 is 0 Å². The molecule has 0 aliphatic heterocycles. The van der Waals surface area contributed by atoms with Gasteiger partial charge in [-0.3, -0.25) is 4.79 Å². The first kappa shape index (κ1) is 16.0. The van der Waals surface area contributed by atoms with Crippen LogP contribution in [0.1, 0.15) is 15.9 Å². The van der Waals surface area contributed by atoms with Crippen molar-refractivity contribution in [1.82, 2.24) is 0 Å². The molecule has 0 fully saturated rings. The average molecular weight is 370 g/mol. The smallest absolute Gasteiger partial charge is 0.188 e. The Kier molecular flexibility index (Phi) is 5.79. The highest BCUT2D eigenvalue weighted by atomic mass is 79.9. The van der Waals surface area contributed by atoms with E-state index in [-0.39, 0.29) is 12.4 Å². The molecule has 0 saturated heterocycles. The lowest BCUT2D eigenvalue weighted by atomic mass is 10.1. The fourth-order valence-corrected chi connectivity index (χ4v) is 2.52. The zero-order valence-corrected chi connectivity index (χ0v) is 13.8. The molecule has 3 nitrogen and oxygen atoms in total. The molecule has 0 N–H and O–H groups in total. The van der Waals surface area contributed by atoms with E-state index in [1.165, 1.54) is 0 Å². The van der Waals surface area contributed by atoms with E-state index in [1.54, 1.807) is 31.4 Å². The molecule has 0 amide bonds. The summed E-state index contributed by atoms with van der Waals surface area (Å²) >= 11 is 9.38. The van der Waals surface area contributed by atoms with Gasteiger partial charge in [0, 0.05) is 10.6 Å². The Hall–Kier alpha value is -1.36. The van der Waals surface area contributed by atoms with Crippen LogP contribution < -0.4 is 4.74 Å². The van der Waals surface area contributed by atoms with E-state index in [2.05, 4.69) is 15.9 Å². The van der Waals surface area contributed by atoms with Gasteiger partial charge in [0.15, 0.2) is 5.78 Å². The van der Waals surface area contributed by atoms with E-state index in [1.807, 2.05) is 18.2 Å². The van der Waals surface area contributed by atoms with Crippen LogP contribution in [0, 0.1) is 0 Å². The summed E-state index contributed by atoms with van der Waals surface area (Å²) in [5, 5.41) is 0.636. The monoisotopic (exact) mass is 368 g/mol. The number of ether oxygens (including phenoxy) is 2. The number of benzene rings is 2. The highest BCUT2D eigenvalue weighted by Crippen LogP contribution is 2.25. The second-order valence-corrected chi connectivity index (χ2v) is 5.62. The third-order valence-electron chi connectivity index (χ3n) is 2.92. The normalized spacial score (nSPS) is 10.4. The van der Waals surface area contributed by atoms with Gasteiger partial charge < -0.3 is 9.47 Å². The Balaban J connectivity index is 1.93. The second kappa shape index (κ2) is 7.59. The number of carbonyl (C=O) groups excluding carboxylic acids is 1. The van der Waals surface area contributed by atoms with Gasteiger partial charge in [0.05, 0.1) is 18.2 Å². The summed E-state index contributed by atoms with van der Waals surface area (Å²) in [4.78, 5) is 12.1. The van der Waals surface area contributed by atoms with E-state index in [0.717, 1.165) is 10.0 Å². The summed E-state index contributed by atoms with van der Waals surface area (Å²) in [7, 11) is 1.58. The van der Waals surface area contributed by atoms with Gasteiger partial charge in [-0.1, -0.05) is 29.8 Å². The number of methoxy groups -OCH3 is 1. The second-order valence-electron chi connectivity index (χ2n) is 4.36. The SMILES string of the molecule is COc1ccc(C(=O)COCc2ccccc2Cl)cc1Br. The minimum absolute atomic E-state index is 0.00396. The molecule has 0 spiro atoms. The quantitative estimate of drug-likeness (QED) is 0.703. The molecular weight excluding hydrogens is 356 g/mol. The van der Waals surface area contributed by atoms with Gasteiger partial charge in [-0.05, 0) is 45.8 Å². The van der Waals surface area contributed by atoms with E-state index in [0.29, 0.717) is 22.9 Å². The van der Waals surface area contributed by atoms with Gasteiger partial charge in [0.2, 0.25) is 0 Å². The summed E-state index contributed by atoms with van der Waals surface area (Å²) in [6.45, 7) is 0.312. The van der Waals surface area contributed by atoms with Crippen molar-refractivity contribution < 1.29 is 14.3 Å². The average Bonchev–Trinajstić information content (AvgIpc) is 2.49. The maximum absolute atomic E-state index is 12.1. The van der Waals surface area contributed by atoms with Gasteiger partial charge in [-0.15, -0.1) is 0 Å². The van der Waals surface area contributed by atoms with Crippen LogP contribution in [0.25, 0.3) is 0 Å². The predicted octanol–water partition coefficient (Wildman–Crippen LogP) is 4.51. The zero-order chi connectivity index (χ0) is 15.2. The van der Waals surface area contributed by atoms with Crippen LogP contribution in [0.2, 0.25) is 5.02 Å². The number of rotatable bonds is 6. The predicted molar refractivity (Wildman–Crippen MR) is 86.1 cm³/mol. The number of ketones is 1. The van der Waals surface area contributed by atoms with Crippen molar-refractivity contribution in [3.63, 3.8) is 0 Å². The van der Waals surface area contributed by atoms with Crippen molar-refractivity contribution in [1.29, 1.82) is 0 Å². The first-order chi connectivity index (χ1) is 10.1. The summed E-state index contributed by atoms with van der Waals surface area (Å²) < 4.78 is 11.3. The standard InChI is InChI=1S/C16H14BrClO3/c1-20-16-7-6-11(8-13(16)17)15(19)10-21-9-12-4-2-3-5-14(12)18/h2-8H,9-10H2,1H3. The van der Waals surface area contributed by atoms with E-state index in [4.69, 9.17) is 21.1 Å². The molecule has 5 heteroatoms. The van der Waals surface area contributed by atoms with Crippen LogP contribution >= 0.6 is 27.5 Å². The number of halogens is 2. The zero-order valence-electron chi connectivity index (χ0n) is 11.4. The number of Topliss-reactive ketones (excluding diaryl/α,β-unsaturated/α-hetero) is 1. The molecule has 21 heavy (non-hydrogen) atoms. The summed E-state index contributed by atoms with van der Waals surface area (Å²) in [6, 6.07) is 12.6. The molecule has 0 bridgehead atoms. The van der Waals surface area contributed by atoms with Crippen molar-refractivity contribution in [3.05, 3.63) is 63.1 Å². The minimum atomic E-state index is -0.0922. The first-order valence-corrected chi connectivity index (χ1v) is 7.47. The molecule has 0 heterocycles. The van der Waals surface area contributed by atoms with Gasteiger partial charge in [0.1, 0.15) is 12.4 Å². The van der Waals surface area contributed by atoms with Crippen LogP contribution in [0.3, 0.4) is 0 Å². The van der Waals surface area contributed by atoms with Crippen LogP contribution in [0.5, 0.6) is 5.75 Å². The Morgan fingerprint density at radius 3 is 2.67 bits per heavy atom. The molecule has 0 aliphatic carbocycles. The molecule has 0 aliphatic rings. The van der Waals surface area contributed by atoms with Crippen LogP contribution in [0.15, 0.2) is 46.9 Å². The van der Waals surface area contributed by atoms with Crippen molar-refractivity contribution in [2.45, 2.75) is 6.61 Å². The maximum atomic E-state index is 12.1. The Morgan fingerprint density at radius 2 is 2.00 bits per heavy atom. The number of carbonyl (C=O) groups is 1. The van der Waals surface area contributed by atoms with E-state index in [9.17, 15) is 4.79 Å². The molecule has 2 rings (SSSR count). The lowest BCUT2D eigenvalue weighted by molar-refractivity contribution is 0.0726. The molecule has 0 unspecified atom stereocenters. The van der Waals surface area contributed by atoms with E-state index >= 15 is 0 Å². The molecular formula is C16H14BrClO3. The van der Waals surface area contributed by atoms with Gasteiger partial charge in [-0.2, -0.15) is 0 Å². The molecule has 0 saturated carbocycles. The summed E-state index contributed by atoms with van der Waals surface area (Å²) in [5.41, 5.74) is 1.43. The van der Waals surface area contributed by atoms with Crippen LogP contribution in [0.4, 0.5) is 0 Å². The highest BCUT2D eigenvalue weighted by Gasteiger charge is 2.09. The lowest BCUT2D eigenvalue weighted by Crippen LogP contribution is -2.09. The van der Waals surface area contributed by atoms with Crippen LogP contribution in [-0.4, -0.2) is 19.5 Å². The van der Waals surface area contributed by atoms with Crippen LogP contribution in [-0.2, 0) is 11.3 Å². The summed E-state index contributed by atoms with van der Waals surface area (Å²) in [6.07, 6.45) is 0. The number of hydrogen-bond donors (Lipinski definition) is 0. The summed E-state index contributed by atoms with van der Waals surface area (Å²) in [5.74, 6) is 0.592. The van der Waals surface area contributed by atoms with Gasteiger partial charge >= 0.3 is 0 Å². The largest absolute Gasteiger partial charge is 0.496 e. The van der Waals surface area contributed by atoms with Crippen molar-refractivity contribution >= 4 is 33.3 Å². The fourth-order valence-electron chi connectivity index (χ4n) is 1.79. The maximum Gasteiger partial charge on any atom is 0.188 e. The third kappa shape index (κ3) is 4.30. The molecule has 110 valence electrons. The third-order valence-corrected chi connectivity index (χ3v) is 3.91. The molecule has 0 atom stereocenters. The molecule has 2 aromatic carbocycles. The molecule has 0 aromatic heterocycles. The van der Waals surface area contributed by atoms with Gasteiger partial charge in [-0.25, -0.2) is 0 Å². The van der Waals surface area contributed by atoms with Crippen molar-refractivity contribution in [2.24, 2.45) is 0 Å². The first-order valence-electron chi connectivity index (χ1n) is 6.29. The highest BCUT2D eigenvalue weighted by molar-refractivity contribution is 9.10. The topological polar surface area (TPSA) is 35.5 Å². The van der Waals surface area contributed by atoms with Crippen molar-refractivity contribution in [3.8, 4) is 5.75 Å². The van der Waals surface area contributed by atoms with Crippen molar-refractivity contribution in [2.75, 3.05) is 13.7 Å². The molecule has 2 aromatic rings. The van der Waals surface area contributed by atoms with Gasteiger partial charge in [0.25, 0.3) is 0 Å². The Morgan fingerprint density at radius 1 is 1.24 bits per heavy atom. The fraction of sp³-hybridized carbons (Fsp3) is 0.188.